The molecule has 0 saturated carbocycles. The average Bonchev–Trinajstić information content (AvgIpc) is 2.35. The van der Waals surface area contributed by atoms with E-state index in [0.717, 1.165) is 0 Å². The number of ether oxygens (including phenoxy) is 1. The van der Waals surface area contributed by atoms with Crippen LogP contribution in [0.4, 0.5) is 0 Å². The largest absolute Gasteiger partial charge is 0.463 e. The molecular formula is C14H15ClO3. The van der Waals surface area contributed by atoms with Gasteiger partial charge in [-0.15, -0.1) is 0 Å². The third kappa shape index (κ3) is 5.15. The second kappa shape index (κ2) is 7.67. The van der Waals surface area contributed by atoms with E-state index in [1.54, 1.807) is 37.3 Å². The zero-order chi connectivity index (χ0) is 13.4. The summed E-state index contributed by atoms with van der Waals surface area (Å²) in [6, 6.07) is 6.76. The number of benzene rings is 1. The van der Waals surface area contributed by atoms with E-state index in [9.17, 15) is 9.59 Å². The van der Waals surface area contributed by atoms with Gasteiger partial charge >= 0.3 is 5.97 Å². The number of halogens is 1. The van der Waals surface area contributed by atoms with Gasteiger partial charge in [0.15, 0.2) is 5.78 Å². The van der Waals surface area contributed by atoms with E-state index in [0.29, 0.717) is 30.0 Å². The molecule has 96 valence electrons. The molecule has 0 aliphatic carbocycles. The maximum atomic E-state index is 11.7. The van der Waals surface area contributed by atoms with Gasteiger partial charge in [0.05, 0.1) is 6.61 Å². The van der Waals surface area contributed by atoms with E-state index in [1.165, 1.54) is 6.08 Å². The number of esters is 1. The lowest BCUT2D eigenvalue weighted by atomic mass is 10.1. The maximum absolute atomic E-state index is 11.7. The van der Waals surface area contributed by atoms with Crippen molar-refractivity contribution < 1.29 is 14.3 Å². The molecule has 0 radical (unpaired) electrons. The SMILES string of the molecule is CCOC(=O)/C=C/CCC(=O)c1ccc(Cl)cc1. The van der Waals surface area contributed by atoms with Gasteiger partial charge in [-0.2, -0.15) is 0 Å². The topological polar surface area (TPSA) is 43.4 Å². The Morgan fingerprint density at radius 3 is 2.56 bits per heavy atom. The van der Waals surface area contributed by atoms with Crippen LogP contribution in [0.15, 0.2) is 36.4 Å². The lowest BCUT2D eigenvalue weighted by Crippen LogP contribution is -2.00. The molecule has 0 heterocycles. The van der Waals surface area contributed by atoms with Gasteiger partial charge in [0, 0.05) is 23.1 Å². The number of ketones is 1. The summed E-state index contributed by atoms with van der Waals surface area (Å²) >= 11 is 5.73. The Hall–Kier alpha value is -1.61. The normalized spacial score (nSPS) is 10.6. The quantitative estimate of drug-likeness (QED) is 0.450. The molecule has 0 saturated heterocycles. The summed E-state index contributed by atoms with van der Waals surface area (Å²) in [5.74, 6) is -0.350. The Bertz CT molecular complexity index is 435. The van der Waals surface area contributed by atoms with Gasteiger partial charge in [-0.25, -0.2) is 4.79 Å². The molecule has 0 amide bonds. The molecule has 0 aliphatic rings. The third-order valence-corrected chi connectivity index (χ3v) is 2.50. The minimum atomic E-state index is -0.378. The highest BCUT2D eigenvalue weighted by Crippen LogP contribution is 2.11. The van der Waals surface area contributed by atoms with Crippen molar-refractivity contribution in [2.45, 2.75) is 19.8 Å². The number of allylic oxidation sites excluding steroid dienone is 1. The third-order valence-electron chi connectivity index (χ3n) is 2.24. The van der Waals surface area contributed by atoms with Crippen LogP contribution in [0.25, 0.3) is 0 Å². The van der Waals surface area contributed by atoms with Crippen molar-refractivity contribution in [2.75, 3.05) is 6.61 Å². The molecular weight excluding hydrogens is 252 g/mol. The Labute approximate surface area is 111 Å². The minimum Gasteiger partial charge on any atom is -0.463 e. The lowest BCUT2D eigenvalue weighted by Gasteiger charge is -1.99. The van der Waals surface area contributed by atoms with Crippen LogP contribution < -0.4 is 0 Å². The van der Waals surface area contributed by atoms with Crippen LogP contribution in [0.5, 0.6) is 0 Å². The molecule has 0 aromatic heterocycles. The molecule has 0 bridgehead atoms. The predicted molar refractivity (Wildman–Crippen MR) is 70.8 cm³/mol. The summed E-state index contributed by atoms with van der Waals surface area (Å²) < 4.78 is 4.72. The van der Waals surface area contributed by atoms with Crippen molar-refractivity contribution in [1.82, 2.24) is 0 Å². The molecule has 0 spiro atoms. The summed E-state index contributed by atoms with van der Waals surface area (Å²) in [7, 11) is 0. The Balaban J connectivity index is 2.38. The van der Waals surface area contributed by atoms with Crippen molar-refractivity contribution >= 4 is 23.4 Å². The average molecular weight is 267 g/mol. The maximum Gasteiger partial charge on any atom is 0.330 e. The summed E-state index contributed by atoms with van der Waals surface area (Å²) in [5.41, 5.74) is 0.629. The fraction of sp³-hybridized carbons (Fsp3) is 0.286. The monoisotopic (exact) mass is 266 g/mol. The van der Waals surface area contributed by atoms with Gasteiger partial charge < -0.3 is 4.74 Å². The van der Waals surface area contributed by atoms with Crippen molar-refractivity contribution in [3.63, 3.8) is 0 Å². The number of rotatable bonds is 6. The van der Waals surface area contributed by atoms with Crippen LogP contribution in [-0.2, 0) is 9.53 Å². The number of carbonyl (C=O) groups excluding carboxylic acids is 2. The lowest BCUT2D eigenvalue weighted by molar-refractivity contribution is -0.137. The smallest absolute Gasteiger partial charge is 0.330 e. The predicted octanol–water partition coefficient (Wildman–Crippen LogP) is 3.42. The number of hydrogen-bond acceptors (Lipinski definition) is 3. The molecule has 0 aliphatic heterocycles. The van der Waals surface area contributed by atoms with Crippen molar-refractivity contribution in [2.24, 2.45) is 0 Å². The number of Topliss-reactive ketones (excluding diaryl/α,β-unsaturated/α-hetero) is 1. The van der Waals surface area contributed by atoms with Crippen LogP contribution in [0.2, 0.25) is 5.02 Å². The molecule has 1 rings (SSSR count). The van der Waals surface area contributed by atoms with Crippen molar-refractivity contribution in [3.05, 3.63) is 47.0 Å². The van der Waals surface area contributed by atoms with Gasteiger partial charge in [0.25, 0.3) is 0 Å². The second-order valence-electron chi connectivity index (χ2n) is 3.62. The summed E-state index contributed by atoms with van der Waals surface area (Å²) in [5, 5.41) is 0.605. The highest BCUT2D eigenvalue weighted by atomic mass is 35.5. The van der Waals surface area contributed by atoms with E-state index in [4.69, 9.17) is 16.3 Å². The molecule has 0 fully saturated rings. The molecule has 0 unspecified atom stereocenters. The Kier molecular flexibility index (Phi) is 6.15. The van der Waals surface area contributed by atoms with Crippen LogP contribution in [0.1, 0.15) is 30.1 Å². The van der Waals surface area contributed by atoms with Gasteiger partial charge in [-0.05, 0) is 37.6 Å². The van der Waals surface area contributed by atoms with E-state index < -0.39 is 0 Å². The first kappa shape index (κ1) is 14.5. The fourth-order valence-electron chi connectivity index (χ4n) is 1.36. The van der Waals surface area contributed by atoms with E-state index in [2.05, 4.69) is 0 Å². The molecule has 1 aromatic rings. The first-order valence-electron chi connectivity index (χ1n) is 5.75. The summed E-state index contributed by atoms with van der Waals surface area (Å²) in [6.45, 7) is 2.10. The molecule has 18 heavy (non-hydrogen) atoms. The standard InChI is InChI=1S/C14H15ClO3/c1-2-18-14(17)6-4-3-5-13(16)11-7-9-12(15)10-8-11/h4,6-10H,2-3,5H2,1H3/b6-4+. The van der Waals surface area contributed by atoms with Gasteiger partial charge in [0.1, 0.15) is 0 Å². The van der Waals surface area contributed by atoms with Gasteiger partial charge in [-0.3, -0.25) is 4.79 Å². The molecule has 0 N–H and O–H groups in total. The van der Waals surface area contributed by atoms with Gasteiger partial charge in [0.2, 0.25) is 0 Å². The van der Waals surface area contributed by atoms with Crippen molar-refractivity contribution in [1.29, 1.82) is 0 Å². The second-order valence-corrected chi connectivity index (χ2v) is 4.06. The first-order valence-corrected chi connectivity index (χ1v) is 6.13. The Morgan fingerprint density at radius 1 is 1.28 bits per heavy atom. The van der Waals surface area contributed by atoms with Crippen LogP contribution in [0.3, 0.4) is 0 Å². The van der Waals surface area contributed by atoms with E-state index >= 15 is 0 Å². The molecule has 0 atom stereocenters. The van der Waals surface area contributed by atoms with E-state index in [1.807, 2.05) is 0 Å². The highest BCUT2D eigenvalue weighted by Gasteiger charge is 2.04. The minimum absolute atomic E-state index is 0.0279. The fourth-order valence-corrected chi connectivity index (χ4v) is 1.49. The number of carbonyl (C=O) groups is 2. The zero-order valence-corrected chi connectivity index (χ0v) is 10.9. The van der Waals surface area contributed by atoms with Crippen LogP contribution >= 0.6 is 11.6 Å². The summed E-state index contributed by atoms with van der Waals surface area (Å²) in [4.78, 5) is 22.7. The van der Waals surface area contributed by atoms with Crippen LogP contribution in [-0.4, -0.2) is 18.4 Å². The first-order chi connectivity index (χ1) is 8.63. The summed E-state index contributed by atoms with van der Waals surface area (Å²) in [6.07, 6.45) is 3.86. The zero-order valence-electron chi connectivity index (χ0n) is 10.2. The van der Waals surface area contributed by atoms with E-state index in [-0.39, 0.29) is 11.8 Å². The molecule has 3 nitrogen and oxygen atoms in total. The Morgan fingerprint density at radius 2 is 1.94 bits per heavy atom. The highest BCUT2D eigenvalue weighted by molar-refractivity contribution is 6.30. The van der Waals surface area contributed by atoms with Gasteiger partial charge in [-0.1, -0.05) is 17.7 Å². The van der Waals surface area contributed by atoms with Crippen LogP contribution in [0, 0.1) is 0 Å². The number of hydrogen-bond donors (Lipinski definition) is 0. The van der Waals surface area contributed by atoms with Crippen molar-refractivity contribution in [3.8, 4) is 0 Å². The molecule has 1 aromatic carbocycles. The molecule has 4 heteroatoms.